The number of aromatic amines is 1. The van der Waals surface area contributed by atoms with Crippen LogP contribution in [0.25, 0.3) is 22.2 Å². The van der Waals surface area contributed by atoms with Gasteiger partial charge in [-0.05, 0) is 29.8 Å². The number of nitrogens with zero attached hydrogens (tertiary/aromatic N) is 4. The van der Waals surface area contributed by atoms with Crippen molar-refractivity contribution < 1.29 is 28.2 Å². The lowest BCUT2D eigenvalue weighted by atomic mass is 9.96. The minimum atomic E-state index is -5.08. The first kappa shape index (κ1) is 25.3. The molecule has 0 amide bonds. The maximum Gasteiger partial charge on any atom is 0.490 e. The van der Waals surface area contributed by atoms with Crippen LogP contribution in [0.5, 0.6) is 5.75 Å². The van der Waals surface area contributed by atoms with E-state index in [1.165, 1.54) is 12.1 Å². The lowest BCUT2D eigenvalue weighted by molar-refractivity contribution is -0.192. The van der Waals surface area contributed by atoms with E-state index < -0.39 is 12.1 Å². The first-order valence-electron chi connectivity index (χ1n) is 9.95. The van der Waals surface area contributed by atoms with Crippen molar-refractivity contribution in [1.29, 1.82) is 10.5 Å². The van der Waals surface area contributed by atoms with E-state index in [4.69, 9.17) is 15.6 Å². The highest BCUT2D eigenvalue weighted by Crippen LogP contribution is 2.35. The summed E-state index contributed by atoms with van der Waals surface area (Å²) in [6.45, 7) is 0.279. The monoisotopic (exact) mass is 495 g/mol. The van der Waals surface area contributed by atoms with E-state index in [0.717, 1.165) is 11.0 Å². The summed E-state index contributed by atoms with van der Waals surface area (Å²) in [5.74, 6) is -1.84. The maximum atomic E-state index is 10.6. The number of phenols is 1. The largest absolute Gasteiger partial charge is 0.508 e. The fraction of sp³-hybridized carbons (Fsp3) is 0.0870. The Morgan fingerprint density at radius 1 is 1.08 bits per heavy atom. The van der Waals surface area contributed by atoms with E-state index >= 15 is 0 Å². The third-order valence-corrected chi connectivity index (χ3v) is 4.69. The minimum Gasteiger partial charge on any atom is -0.508 e. The lowest BCUT2D eigenvalue weighted by Gasteiger charge is -2.14. The summed E-state index contributed by atoms with van der Waals surface area (Å²) in [6.07, 6.45) is -5.08. The molecule has 13 heteroatoms. The molecule has 0 spiro atoms. The van der Waals surface area contributed by atoms with Crippen LogP contribution in [0.15, 0.2) is 48.5 Å². The Kier molecular flexibility index (Phi) is 7.26. The van der Waals surface area contributed by atoms with Crippen LogP contribution in [-0.2, 0) is 11.3 Å². The van der Waals surface area contributed by atoms with E-state index in [1.54, 1.807) is 12.1 Å². The van der Waals surface area contributed by atoms with Gasteiger partial charge in [0, 0.05) is 5.56 Å². The SMILES string of the molecule is N#Cc1c(N)nc(NCc2nc3ccccc3[nH]2)c(C#N)c1-c1cccc(O)c1.O=C(O)C(F)(F)F. The van der Waals surface area contributed by atoms with Crippen molar-refractivity contribution in [3.05, 3.63) is 65.5 Å². The molecule has 0 bridgehead atoms. The van der Waals surface area contributed by atoms with E-state index in [0.29, 0.717) is 17.0 Å². The van der Waals surface area contributed by atoms with E-state index in [-0.39, 0.29) is 35.1 Å². The molecule has 0 saturated carbocycles. The van der Waals surface area contributed by atoms with Crippen LogP contribution in [0.1, 0.15) is 17.0 Å². The second-order valence-electron chi connectivity index (χ2n) is 7.10. The van der Waals surface area contributed by atoms with Gasteiger partial charge >= 0.3 is 12.1 Å². The highest BCUT2D eigenvalue weighted by molar-refractivity contribution is 5.85. The molecule has 0 unspecified atom stereocenters. The smallest absolute Gasteiger partial charge is 0.490 e. The molecule has 6 N–H and O–H groups in total. The number of carboxylic acid groups (broad SMARTS) is 1. The molecule has 2 heterocycles. The number of aromatic hydroxyl groups is 1. The number of aromatic nitrogens is 3. The van der Waals surface area contributed by atoms with Gasteiger partial charge in [-0.3, -0.25) is 0 Å². The molecule has 0 aliphatic rings. The average molecular weight is 495 g/mol. The highest BCUT2D eigenvalue weighted by atomic mass is 19.4. The molecule has 2 aromatic heterocycles. The number of nitriles is 2. The van der Waals surface area contributed by atoms with Crippen molar-refractivity contribution >= 4 is 28.6 Å². The average Bonchev–Trinajstić information content (AvgIpc) is 3.25. The normalized spacial score (nSPS) is 10.6. The molecule has 0 aliphatic heterocycles. The molecule has 0 atom stereocenters. The van der Waals surface area contributed by atoms with E-state index in [9.17, 15) is 28.8 Å². The molecule has 0 radical (unpaired) electrons. The molecule has 2 aromatic carbocycles. The van der Waals surface area contributed by atoms with Crippen molar-refractivity contribution in [2.45, 2.75) is 12.7 Å². The van der Waals surface area contributed by atoms with Crippen LogP contribution >= 0.6 is 0 Å². The van der Waals surface area contributed by atoms with Gasteiger partial charge in [0.25, 0.3) is 0 Å². The number of nitrogen functional groups attached to an aromatic ring is 1. The van der Waals surface area contributed by atoms with Crippen LogP contribution < -0.4 is 11.1 Å². The van der Waals surface area contributed by atoms with Gasteiger partial charge in [0.15, 0.2) is 0 Å². The van der Waals surface area contributed by atoms with Crippen LogP contribution in [0.2, 0.25) is 0 Å². The van der Waals surface area contributed by atoms with Crippen LogP contribution in [-0.4, -0.2) is 37.3 Å². The number of hydrogen-bond donors (Lipinski definition) is 5. The zero-order valence-electron chi connectivity index (χ0n) is 18.1. The summed E-state index contributed by atoms with van der Waals surface area (Å²) >= 11 is 0. The first-order chi connectivity index (χ1) is 17.0. The second kappa shape index (κ2) is 10.3. The molecule has 10 nitrogen and oxygen atoms in total. The number of carbonyl (C=O) groups is 1. The van der Waals surface area contributed by atoms with Gasteiger partial charge in [0.05, 0.1) is 17.6 Å². The Hall–Kier alpha value is -5.30. The number of carboxylic acids is 1. The molecular formula is C23H16F3N7O3. The van der Waals surface area contributed by atoms with Crippen molar-refractivity contribution in [2.24, 2.45) is 0 Å². The molecular weight excluding hydrogens is 479 g/mol. The summed E-state index contributed by atoms with van der Waals surface area (Å²) < 4.78 is 31.7. The number of imidazole rings is 1. The van der Waals surface area contributed by atoms with Gasteiger partial charge in [-0.25, -0.2) is 14.8 Å². The predicted molar refractivity (Wildman–Crippen MR) is 122 cm³/mol. The quantitative estimate of drug-likeness (QED) is 0.280. The molecule has 36 heavy (non-hydrogen) atoms. The summed E-state index contributed by atoms with van der Waals surface area (Å²) in [5.41, 5.74) is 8.80. The van der Waals surface area contributed by atoms with Crippen LogP contribution in [0.3, 0.4) is 0 Å². The number of fused-ring (bicyclic) bond motifs is 1. The van der Waals surface area contributed by atoms with Gasteiger partial charge in [-0.2, -0.15) is 23.7 Å². The topological polar surface area (TPSA) is 185 Å². The Morgan fingerprint density at radius 2 is 1.75 bits per heavy atom. The van der Waals surface area contributed by atoms with E-state index in [2.05, 4.69) is 26.3 Å². The van der Waals surface area contributed by atoms with Gasteiger partial charge in [0.1, 0.15) is 46.5 Å². The number of alkyl halides is 3. The van der Waals surface area contributed by atoms with Gasteiger partial charge in [-0.15, -0.1) is 0 Å². The molecule has 0 saturated heterocycles. The van der Waals surface area contributed by atoms with Crippen molar-refractivity contribution in [3.63, 3.8) is 0 Å². The molecule has 4 rings (SSSR count). The summed E-state index contributed by atoms with van der Waals surface area (Å²) in [6, 6.07) is 18.0. The summed E-state index contributed by atoms with van der Waals surface area (Å²) in [5, 5.41) is 39.4. The number of para-hydroxylation sites is 2. The minimum absolute atomic E-state index is 0.00283. The number of aliphatic carboxylic acids is 1. The lowest BCUT2D eigenvalue weighted by Crippen LogP contribution is -2.21. The Bertz CT molecular complexity index is 1490. The number of H-pyrrole nitrogens is 1. The third-order valence-electron chi connectivity index (χ3n) is 4.69. The maximum absolute atomic E-state index is 10.6. The number of pyridine rings is 1. The highest BCUT2D eigenvalue weighted by Gasteiger charge is 2.38. The number of hydrogen-bond acceptors (Lipinski definition) is 8. The van der Waals surface area contributed by atoms with Gasteiger partial charge < -0.3 is 26.2 Å². The molecule has 182 valence electrons. The molecule has 0 aliphatic carbocycles. The van der Waals surface area contributed by atoms with Crippen molar-refractivity contribution in [3.8, 4) is 29.0 Å². The zero-order valence-corrected chi connectivity index (χ0v) is 18.1. The van der Waals surface area contributed by atoms with Crippen LogP contribution in [0.4, 0.5) is 24.8 Å². The fourth-order valence-corrected chi connectivity index (χ4v) is 3.16. The Morgan fingerprint density at radius 3 is 2.33 bits per heavy atom. The standard InChI is InChI=1S/C21H15N7O.C2HF3O2/c22-9-14-19(12-4-3-5-13(29)8-12)15(10-23)21(28-20(14)24)25-11-18-26-16-6-1-2-7-17(16)27-18;3-2(4,5)1(6)7/h1-8,29H,11H2,(H,26,27)(H3,24,25,28);(H,6,7). The number of nitrogens with two attached hydrogens (primary N) is 1. The number of halogens is 3. The van der Waals surface area contributed by atoms with Crippen molar-refractivity contribution in [2.75, 3.05) is 11.1 Å². The van der Waals surface area contributed by atoms with E-state index in [1.807, 2.05) is 30.3 Å². The first-order valence-corrected chi connectivity index (χ1v) is 9.95. The van der Waals surface area contributed by atoms with Gasteiger partial charge in [-0.1, -0.05) is 24.3 Å². The third kappa shape index (κ3) is 5.60. The molecule has 0 fully saturated rings. The summed E-state index contributed by atoms with van der Waals surface area (Å²) in [4.78, 5) is 20.8. The number of rotatable bonds is 4. The fourth-order valence-electron chi connectivity index (χ4n) is 3.16. The second-order valence-corrected chi connectivity index (χ2v) is 7.10. The zero-order chi connectivity index (χ0) is 26.5. The van der Waals surface area contributed by atoms with Crippen molar-refractivity contribution in [1.82, 2.24) is 15.0 Å². The Labute approximate surface area is 201 Å². The number of benzene rings is 2. The van der Waals surface area contributed by atoms with Gasteiger partial charge in [0.2, 0.25) is 0 Å². The summed E-state index contributed by atoms with van der Waals surface area (Å²) in [7, 11) is 0. The number of nitrogens with one attached hydrogen (secondary N) is 2. The number of phenolic OH excluding ortho intramolecular Hbond substituents is 1. The predicted octanol–water partition coefficient (Wildman–Crippen LogP) is 3.90. The Balaban J connectivity index is 0.000000454. The van der Waals surface area contributed by atoms with Crippen LogP contribution in [0, 0.1) is 22.7 Å². The molecule has 4 aromatic rings. The number of anilines is 2.